The SMILES string of the molecule is Cc1ccc(CC(=O)N/N=C\c2ccccc2OCc2ccc(Cl)cc2)c(C)c1. The summed E-state index contributed by atoms with van der Waals surface area (Å²) in [5, 5.41) is 4.78. The molecule has 0 bridgehead atoms. The number of nitrogens with zero attached hydrogens (tertiary/aromatic N) is 1. The number of hydrazone groups is 1. The fourth-order valence-electron chi connectivity index (χ4n) is 2.89. The minimum absolute atomic E-state index is 0.159. The number of nitrogens with one attached hydrogen (secondary N) is 1. The maximum absolute atomic E-state index is 12.2. The number of rotatable bonds is 7. The number of benzene rings is 3. The van der Waals surface area contributed by atoms with Crippen LogP contribution in [0.15, 0.2) is 71.8 Å². The molecule has 3 aromatic carbocycles. The summed E-state index contributed by atoms with van der Waals surface area (Å²) < 4.78 is 5.90. The van der Waals surface area contributed by atoms with E-state index in [9.17, 15) is 4.79 Å². The van der Waals surface area contributed by atoms with Gasteiger partial charge in [0.05, 0.1) is 12.6 Å². The molecule has 148 valence electrons. The summed E-state index contributed by atoms with van der Waals surface area (Å²) in [6.07, 6.45) is 1.88. The molecule has 0 radical (unpaired) electrons. The van der Waals surface area contributed by atoms with E-state index in [0.29, 0.717) is 17.4 Å². The van der Waals surface area contributed by atoms with Gasteiger partial charge in [-0.25, -0.2) is 5.43 Å². The van der Waals surface area contributed by atoms with Gasteiger partial charge in [0.15, 0.2) is 0 Å². The van der Waals surface area contributed by atoms with E-state index in [1.807, 2.05) is 74.5 Å². The average Bonchev–Trinajstić information content (AvgIpc) is 2.70. The van der Waals surface area contributed by atoms with Gasteiger partial charge in [0.1, 0.15) is 12.4 Å². The quantitative estimate of drug-likeness (QED) is 0.431. The van der Waals surface area contributed by atoms with Crippen molar-refractivity contribution in [1.29, 1.82) is 0 Å². The second-order valence-electron chi connectivity index (χ2n) is 6.85. The molecule has 0 aromatic heterocycles. The van der Waals surface area contributed by atoms with Crippen LogP contribution in [-0.4, -0.2) is 12.1 Å². The minimum atomic E-state index is -0.159. The molecule has 0 unspecified atom stereocenters. The Morgan fingerprint density at radius 2 is 1.83 bits per heavy atom. The monoisotopic (exact) mass is 406 g/mol. The second kappa shape index (κ2) is 9.89. The van der Waals surface area contributed by atoms with Gasteiger partial charge >= 0.3 is 0 Å². The molecule has 0 aliphatic carbocycles. The van der Waals surface area contributed by atoms with Gasteiger partial charge in [0, 0.05) is 10.6 Å². The van der Waals surface area contributed by atoms with E-state index in [0.717, 1.165) is 22.3 Å². The smallest absolute Gasteiger partial charge is 0.244 e. The van der Waals surface area contributed by atoms with Crippen LogP contribution in [0.5, 0.6) is 5.75 Å². The molecule has 5 heteroatoms. The third kappa shape index (κ3) is 6.19. The molecule has 3 rings (SSSR count). The Kier molecular flexibility index (Phi) is 7.04. The van der Waals surface area contributed by atoms with E-state index in [4.69, 9.17) is 16.3 Å². The molecule has 29 heavy (non-hydrogen) atoms. The van der Waals surface area contributed by atoms with Crippen molar-refractivity contribution >= 4 is 23.7 Å². The van der Waals surface area contributed by atoms with Crippen LogP contribution in [0.4, 0.5) is 0 Å². The number of ether oxygens (including phenoxy) is 1. The molecule has 0 fully saturated rings. The summed E-state index contributed by atoms with van der Waals surface area (Å²) in [5.74, 6) is 0.530. The first-order valence-electron chi connectivity index (χ1n) is 9.35. The highest BCUT2D eigenvalue weighted by Crippen LogP contribution is 2.18. The highest BCUT2D eigenvalue weighted by molar-refractivity contribution is 6.30. The number of para-hydroxylation sites is 1. The van der Waals surface area contributed by atoms with Crippen molar-refractivity contribution in [2.24, 2.45) is 5.10 Å². The molecule has 0 saturated carbocycles. The average molecular weight is 407 g/mol. The number of hydrogen-bond donors (Lipinski definition) is 1. The lowest BCUT2D eigenvalue weighted by Crippen LogP contribution is -2.20. The second-order valence-corrected chi connectivity index (χ2v) is 7.29. The summed E-state index contributed by atoms with van der Waals surface area (Å²) >= 11 is 5.91. The number of carbonyl (C=O) groups excluding carboxylic acids is 1. The molecule has 0 atom stereocenters. The Bertz CT molecular complexity index is 1010. The van der Waals surface area contributed by atoms with Crippen LogP contribution < -0.4 is 10.2 Å². The molecule has 3 aromatic rings. The predicted molar refractivity (Wildman–Crippen MR) is 118 cm³/mol. The fraction of sp³-hybridized carbons (Fsp3) is 0.167. The van der Waals surface area contributed by atoms with E-state index in [1.54, 1.807) is 6.21 Å². The van der Waals surface area contributed by atoms with Crippen LogP contribution in [0.3, 0.4) is 0 Å². The van der Waals surface area contributed by atoms with Crippen molar-refractivity contribution in [2.75, 3.05) is 0 Å². The Hall–Kier alpha value is -3.11. The van der Waals surface area contributed by atoms with E-state index in [-0.39, 0.29) is 12.3 Å². The zero-order chi connectivity index (χ0) is 20.6. The number of aryl methyl sites for hydroxylation is 2. The lowest BCUT2D eigenvalue weighted by molar-refractivity contribution is -0.120. The van der Waals surface area contributed by atoms with E-state index >= 15 is 0 Å². The van der Waals surface area contributed by atoms with Crippen molar-refractivity contribution in [3.05, 3.63) is 99.6 Å². The molecule has 4 nitrogen and oxygen atoms in total. The lowest BCUT2D eigenvalue weighted by atomic mass is 10.0. The fourth-order valence-corrected chi connectivity index (χ4v) is 3.02. The van der Waals surface area contributed by atoms with Crippen molar-refractivity contribution in [3.8, 4) is 5.75 Å². The van der Waals surface area contributed by atoms with Gasteiger partial charge in [-0.2, -0.15) is 5.10 Å². The topological polar surface area (TPSA) is 50.7 Å². The first-order valence-corrected chi connectivity index (χ1v) is 9.73. The molecule has 0 aliphatic rings. The van der Waals surface area contributed by atoms with Crippen LogP contribution in [0.1, 0.15) is 27.8 Å². The van der Waals surface area contributed by atoms with Gasteiger partial charge in [0.25, 0.3) is 0 Å². The van der Waals surface area contributed by atoms with Crippen LogP contribution in [-0.2, 0) is 17.8 Å². The maximum Gasteiger partial charge on any atom is 0.244 e. The zero-order valence-electron chi connectivity index (χ0n) is 16.5. The Labute approximate surface area is 176 Å². The van der Waals surface area contributed by atoms with Crippen LogP contribution >= 0.6 is 11.6 Å². The summed E-state index contributed by atoms with van der Waals surface area (Å²) in [6.45, 7) is 4.46. The highest BCUT2D eigenvalue weighted by Gasteiger charge is 2.06. The van der Waals surface area contributed by atoms with Gasteiger partial charge in [-0.05, 0) is 54.8 Å². The zero-order valence-corrected chi connectivity index (χ0v) is 17.2. The summed E-state index contributed by atoms with van der Waals surface area (Å²) in [7, 11) is 0. The van der Waals surface area contributed by atoms with Crippen molar-refractivity contribution in [2.45, 2.75) is 26.9 Å². The number of halogens is 1. The van der Waals surface area contributed by atoms with Gasteiger partial charge in [-0.15, -0.1) is 0 Å². The Balaban J connectivity index is 1.58. The molecular weight excluding hydrogens is 384 g/mol. The van der Waals surface area contributed by atoms with Crippen molar-refractivity contribution in [3.63, 3.8) is 0 Å². The van der Waals surface area contributed by atoms with Gasteiger partial charge in [0.2, 0.25) is 5.91 Å². The van der Waals surface area contributed by atoms with Gasteiger partial charge in [-0.3, -0.25) is 4.79 Å². The van der Waals surface area contributed by atoms with E-state index < -0.39 is 0 Å². The van der Waals surface area contributed by atoms with E-state index in [1.165, 1.54) is 5.56 Å². The third-order valence-corrected chi connectivity index (χ3v) is 4.72. The van der Waals surface area contributed by atoms with Gasteiger partial charge < -0.3 is 4.74 Å². The summed E-state index contributed by atoms with van der Waals surface area (Å²) in [5.41, 5.74) is 7.67. The first-order chi connectivity index (χ1) is 14.0. The summed E-state index contributed by atoms with van der Waals surface area (Å²) in [4.78, 5) is 12.2. The molecule has 1 amide bonds. The maximum atomic E-state index is 12.2. The Morgan fingerprint density at radius 1 is 1.07 bits per heavy atom. The van der Waals surface area contributed by atoms with Crippen LogP contribution in [0.2, 0.25) is 5.02 Å². The molecule has 0 aliphatic heterocycles. The number of carbonyl (C=O) groups is 1. The predicted octanol–water partition coefficient (Wildman–Crippen LogP) is 5.23. The standard InChI is InChI=1S/C24H23ClN2O2/c1-17-7-10-20(18(2)13-17)14-24(28)27-26-15-21-5-3-4-6-23(21)29-16-19-8-11-22(25)12-9-19/h3-13,15H,14,16H2,1-2H3,(H,27,28)/b26-15-. The highest BCUT2D eigenvalue weighted by atomic mass is 35.5. The van der Waals surface area contributed by atoms with Crippen LogP contribution in [0, 0.1) is 13.8 Å². The lowest BCUT2D eigenvalue weighted by Gasteiger charge is -2.09. The largest absolute Gasteiger partial charge is 0.488 e. The minimum Gasteiger partial charge on any atom is -0.488 e. The number of amides is 1. The van der Waals surface area contributed by atoms with Crippen molar-refractivity contribution < 1.29 is 9.53 Å². The molecule has 0 heterocycles. The normalized spacial score (nSPS) is 10.9. The Morgan fingerprint density at radius 3 is 2.59 bits per heavy atom. The van der Waals surface area contributed by atoms with Gasteiger partial charge in [-0.1, -0.05) is 59.6 Å². The molecule has 1 N–H and O–H groups in total. The first kappa shape index (κ1) is 20.6. The number of hydrogen-bond acceptors (Lipinski definition) is 3. The van der Waals surface area contributed by atoms with E-state index in [2.05, 4.69) is 16.6 Å². The third-order valence-electron chi connectivity index (χ3n) is 4.47. The molecule has 0 saturated heterocycles. The van der Waals surface area contributed by atoms with Crippen molar-refractivity contribution in [1.82, 2.24) is 5.43 Å². The molecule has 0 spiro atoms. The summed E-state index contributed by atoms with van der Waals surface area (Å²) in [6, 6.07) is 21.1. The molecular formula is C24H23ClN2O2. The van der Waals surface area contributed by atoms with Crippen LogP contribution in [0.25, 0.3) is 0 Å².